The fourth-order valence-corrected chi connectivity index (χ4v) is 3.46. The maximum Gasteiger partial charge on any atom is 0.340 e. The second kappa shape index (κ2) is 8.26. The van der Waals surface area contributed by atoms with Gasteiger partial charge >= 0.3 is 5.97 Å². The molecule has 6 heteroatoms. The molecular formula is C18H22N2O2S2. The van der Waals surface area contributed by atoms with Gasteiger partial charge in [0, 0.05) is 10.6 Å². The van der Waals surface area contributed by atoms with Crippen LogP contribution in [-0.2, 0) is 11.2 Å². The molecule has 0 saturated carbocycles. The third-order valence-electron chi connectivity index (χ3n) is 3.60. The fourth-order valence-electron chi connectivity index (χ4n) is 2.19. The van der Waals surface area contributed by atoms with Crippen molar-refractivity contribution in [2.24, 2.45) is 0 Å². The average molecular weight is 363 g/mol. The predicted molar refractivity (Wildman–Crippen MR) is 105 cm³/mol. The molecule has 0 spiro atoms. The molecule has 24 heavy (non-hydrogen) atoms. The van der Waals surface area contributed by atoms with Crippen LogP contribution in [0.3, 0.4) is 0 Å². The zero-order chi connectivity index (χ0) is 17.7. The van der Waals surface area contributed by atoms with Crippen LogP contribution in [-0.4, -0.2) is 18.2 Å². The van der Waals surface area contributed by atoms with Gasteiger partial charge in [-0.15, -0.1) is 11.3 Å². The average Bonchev–Trinajstić information content (AvgIpc) is 2.97. The highest BCUT2D eigenvalue weighted by molar-refractivity contribution is 7.80. The summed E-state index contributed by atoms with van der Waals surface area (Å²) in [6.07, 6.45) is 0.854. The van der Waals surface area contributed by atoms with Gasteiger partial charge in [-0.3, -0.25) is 0 Å². The standard InChI is InChI=1S/C18H22N2O2S2/c1-5-14-10-15(17(21)22-4)16(24-14)20-18(23)19-13-8-6-12(7-9-13)11(2)3/h6-11H,5H2,1-4H3,(H2,19,20,23). The van der Waals surface area contributed by atoms with Gasteiger partial charge in [-0.05, 0) is 48.3 Å². The second-order valence-corrected chi connectivity index (χ2v) is 7.20. The summed E-state index contributed by atoms with van der Waals surface area (Å²) < 4.78 is 4.83. The summed E-state index contributed by atoms with van der Waals surface area (Å²) in [5.74, 6) is 0.128. The molecule has 1 aromatic carbocycles. The van der Waals surface area contributed by atoms with Crippen LogP contribution in [0, 0.1) is 0 Å². The van der Waals surface area contributed by atoms with Gasteiger partial charge in [0.15, 0.2) is 5.11 Å². The van der Waals surface area contributed by atoms with Crippen LogP contribution in [0.4, 0.5) is 10.7 Å². The Morgan fingerprint density at radius 2 is 1.92 bits per heavy atom. The topological polar surface area (TPSA) is 50.4 Å². The SMILES string of the molecule is CCc1cc(C(=O)OC)c(NC(=S)Nc2ccc(C(C)C)cc2)s1. The number of methoxy groups -OCH3 is 1. The zero-order valence-electron chi connectivity index (χ0n) is 14.3. The number of hydrogen-bond acceptors (Lipinski definition) is 4. The molecule has 2 rings (SSSR count). The first-order chi connectivity index (χ1) is 11.4. The molecule has 2 aromatic rings. The van der Waals surface area contributed by atoms with Gasteiger partial charge in [0.05, 0.1) is 12.7 Å². The Bertz CT molecular complexity index is 721. The van der Waals surface area contributed by atoms with Crippen molar-refractivity contribution >= 4 is 45.3 Å². The highest BCUT2D eigenvalue weighted by Gasteiger charge is 2.17. The number of aryl methyl sites for hydroxylation is 1. The number of carbonyl (C=O) groups excluding carboxylic acids is 1. The summed E-state index contributed by atoms with van der Waals surface area (Å²) in [5.41, 5.74) is 2.70. The molecule has 4 nitrogen and oxygen atoms in total. The number of carbonyl (C=O) groups is 1. The number of thiophene rings is 1. The molecule has 0 saturated heterocycles. The lowest BCUT2D eigenvalue weighted by molar-refractivity contribution is 0.0602. The minimum atomic E-state index is -0.363. The number of anilines is 2. The molecule has 0 unspecified atom stereocenters. The van der Waals surface area contributed by atoms with Gasteiger partial charge < -0.3 is 15.4 Å². The summed E-state index contributed by atoms with van der Waals surface area (Å²) in [6, 6.07) is 10.00. The Labute approximate surface area is 152 Å². The Balaban J connectivity index is 2.09. The summed E-state index contributed by atoms with van der Waals surface area (Å²) in [6.45, 7) is 6.36. The Morgan fingerprint density at radius 3 is 2.46 bits per heavy atom. The molecule has 1 aromatic heterocycles. The lowest BCUT2D eigenvalue weighted by atomic mass is 10.0. The van der Waals surface area contributed by atoms with E-state index in [1.165, 1.54) is 24.0 Å². The Morgan fingerprint density at radius 1 is 1.25 bits per heavy atom. The van der Waals surface area contributed by atoms with Crippen molar-refractivity contribution in [3.05, 3.63) is 46.3 Å². The van der Waals surface area contributed by atoms with E-state index in [1.807, 2.05) is 25.1 Å². The first kappa shape index (κ1) is 18.4. The molecule has 0 aliphatic rings. The molecule has 128 valence electrons. The lowest BCUT2D eigenvalue weighted by Gasteiger charge is -2.11. The first-order valence-electron chi connectivity index (χ1n) is 7.83. The third kappa shape index (κ3) is 4.55. The van der Waals surface area contributed by atoms with E-state index in [0.29, 0.717) is 21.6 Å². The lowest BCUT2D eigenvalue weighted by Crippen LogP contribution is -2.19. The van der Waals surface area contributed by atoms with Gasteiger partial charge in [-0.2, -0.15) is 0 Å². The van der Waals surface area contributed by atoms with Crippen LogP contribution in [0.2, 0.25) is 0 Å². The van der Waals surface area contributed by atoms with E-state index >= 15 is 0 Å². The van der Waals surface area contributed by atoms with Crippen molar-refractivity contribution in [1.82, 2.24) is 0 Å². The minimum absolute atomic E-state index is 0.363. The molecule has 1 heterocycles. The second-order valence-electron chi connectivity index (χ2n) is 5.66. The van der Waals surface area contributed by atoms with Gasteiger partial charge in [0.2, 0.25) is 0 Å². The normalized spacial score (nSPS) is 10.5. The maximum absolute atomic E-state index is 11.9. The fraction of sp³-hybridized carbons (Fsp3) is 0.333. The molecule has 2 N–H and O–H groups in total. The smallest absolute Gasteiger partial charge is 0.340 e. The summed E-state index contributed by atoms with van der Waals surface area (Å²) in [4.78, 5) is 13.0. The summed E-state index contributed by atoms with van der Waals surface area (Å²) in [7, 11) is 1.38. The van der Waals surface area contributed by atoms with E-state index in [0.717, 1.165) is 17.0 Å². The van der Waals surface area contributed by atoms with Gasteiger partial charge in [0.1, 0.15) is 5.00 Å². The predicted octanol–water partition coefficient (Wildman–Crippen LogP) is 5.03. The van der Waals surface area contributed by atoms with E-state index in [-0.39, 0.29) is 5.97 Å². The van der Waals surface area contributed by atoms with Gasteiger partial charge in [-0.1, -0.05) is 32.9 Å². The van der Waals surface area contributed by atoms with Crippen molar-refractivity contribution in [1.29, 1.82) is 0 Å². The van der Waals surface area contributed by atoms with E-state index in [1.54, 1.807) is 0 Å². The summed E-state index contributed by atoms with van der Waals surface area (Å²) >= 11 is 6.87. The Kier molecular flexibility index (Phi) is 6.34. The number of esters is 1. The highest BCUT2D eigenvalue weighted by atomic mass is 32.1. The van der Waals surface area contributed by atoms with Crippen LogP contribution in [0.1, 0.15) is 47.5 Å². The van der Waals surface area contributed by atoms with Gasteiger partial charge in [0.25, 0.3) is 0 Å². The van der Waals surface area contributed by atoms with E-state index in [9.17, 15) is 4.79 Å². The van der Waals surface area contributed by atoms with E-state index in [2.05, 4.69) is 36.6 Å². The monoisotopic (exact) mass is 362 g/mol. The molecule has 0 radical (unpaired) electrons. The molecule has 0 aliphatic carbocycles. The quantitative estimate of drug-likeness (QED) is 0.577. The zero-order valence-corrected chi connectivity index (χ0v) is 15.9. The molecule has 0 aliphatic heterocycles. The van der Waals surface area contributed by atoms with Crippen LogP contribution in [0.15, 0.2) is 30.3 Å². The number of hydrogen-bond donors (Lipinski definition) is 2. The van der Waals surface area contributed by atoms with E-state index < -0.39 is 0 Å². The number of rotatable bonds is 5. The van der Waals surface area contributed by atoms with Crippen LogP contribution in [0.25, 0.3) is 0 Å². The number of nitrogens with one attached hydrogen (secondary N) is 2. The molecule has 0 atom stereocenters. The molecule has 0 amide bonds. The molecular weight excluding hydrogens is 340 g/mol. The van der Waals surface area contributed by atoms with Crippen molar-refractivity contribution in [3.63, 3.8) is 0 Å². The maximum atomic E-state index is 11.9. The Hall–Kier alpha value is -1.92. The van der Waals surface area contributed by atoms with Crippen molar-refractivity contribution in [2.45, 2.75) is 33.1 Å². The van der Waals surface area contributed by atoms with Crippen LogP contribution < -0.4 is 10.6 Å². The van der Waals surface area contributed by atoms with Crippen LogP contribution in [0.5, 0.6) is 0 Å². The van der Waals surface area contributed by atoms with Crippen molar-refractivity contribution < 1.29 is 9.53 Å². The number of thiocarbonyl (C=S) groups is 1. The van der Waals surface area contributed by atoms with Crippen LogP contribution >= 0.6 is 23.6 Å². The van der Waals surface area contributed by atoms with Gasteiger partial charge in [-0.25, -0.2) is 4.79 Å². The molecule has 0 fully saturated rings. The highest BCUT2D eigenvalue weighted by Crippen LogP contribution is 2.29. The van der Waals surface area contributed by atoms with Crippen molar-refractivity contribution in [3.8, 4) is 0 Å². The number of benzene rings is 1. The van der Waals surface area contributed by atoms with Crippen molar-refractivity contribution in [2.75, 3.05) is 17.7 Å². The van der Waals surface area contributed by atoms with E-state index in [4.69, 9.17) is 17.0 Å². The largest absolute Gasteiger partial charge is 0.465 e. The third-order valence-corrected chi connectivity index (χ3v) is 5.00. The molecule has 0 bridgehead atoms. The summed E-state index contributed by atoms with van der Waals surface area (Å²) in [5, 5.41) is 7.40. The number of ether oxygens (including phenoxy) is 1. The minimum Gasteiger partial charge on any atom is -0.465 e. The first-order valence-corrected chi connectivity index (χ1v) is 9.06.